The molecule has 2 N–H and O–H groups in total. The van der Waals surface area contributed by atoms with E-state index in [0.717, 1.165) is 31.2 Å². The Kier molecular flexibility index (Phi) is 4.28. The quantitative estimate of drug-likeness (QED) is 0.788. The van der Waals surface area contributed by atoms with Gasteiger partial charge in [0, 0.05) is 5.54 Å². The summed E-state index contributed by atoms with van der Waals surface area (Å²) in [5, 5.41) is 0. The van der Waals surface area contributed by atoms with Crippen LogP contribution in [0.15, 0.2) is 24.3 Å². The van der Waals surface area contributed by atoms with Gasteiger partial charge in [-0.1, -0.05) is 38.8 Å². The second-order valence-electron chi connectivity index (χ2n) is 4.16. The fraction of sp³-hybridized carbons (Fsp3) is 0.538. The molecule has 0 fully saturated rings. The zero-order valence-corrected chi connectivity index (χ0v) is 9.59. The van der Waals surface area contributed by atoms with Crippen LogP contribution >= 0.6 is 0 Å². The number of hydrogen-bond acceptors (Lipinski definition) is 1. The van der Waals surface area contributed by atoms with Crippen molar-refractivity contribution in [3.05, 3.63) is 35.6 Å². The Morgan fingerprint density at radius 2 is 1.53 bits per heavy atom. The predicted molar refractivity (Wildman–Crippen MR) is 62.1 cm³/mol. The molecule has 0 aromatic heterocycles. The molecule has 0 saturated heterocycles. The van der Waals surface area contributed by atoms with Gasteiger partial charge in [-0.2, -0.15) is 0 Å². The maximum absolute atomic E-state index is 12.8. The summed E-state index contributed by atoms with van der Waals surface area (Å²) in [5.41, 5.74) is 7.14. The van der Waals surface area contributed by atoms with Gasteiger partial charge in [0.2, 0.25) is 0 Å². The number of hydrogen-bond donors (Lipinski definition) is 1. The van der Waals surface area contributed by atoms with E-state index in [1.165, 1.54) is 12.1 Å². The molecule has 1 aromatic rings. The SMILES string of the molecule is CCCC(N)(CCC)c1ccc(F)cc1. The van der Waals surface area contributed by atoms with Crippen molar-refractivity contribution in [2.75, 3.05) is 0 Å². The van der Waals surface area contributed by atoms with E-state index in [0.29, 0.717) is 0 Å². The largest absolute Gasteiger partial charge is 0.321 e. The monoisotopic (exact) mass is 209 g/mol. The van der Waals surface area contributed by atoms with Crippen LogP contribution in [0.3, 0.4) is 0 Å². The highest BCUT2D eigenvalue weighted by Crippen LogP contribution is 2.28. The Labute approximate surface area is 91.5 Å². The Balaban J connectivity index is 2.92. The Morgan fingerprint density at radius 3 is 1.93 bits per heavy atom. The molecular weight excluding hydrogens is 189 g/mol. The highest BCUT2D eigenvalue weighted by Gasteiger charge is 2.24. The van der Waals surface area contributed by atoms with Crippen LogP contribution in [0.1, 0.15) is 45.1 Å². The highest BCUT2D eigenvalue weighted by molar-refractivity contribution is 5.24. The summed E-state index contributed by atoms with van der Waals surface area (Å²) in [6.45, 7) is 4.25. The van der Waals surface area contributed by atoms with E-state index < -0.39 is 0 Å². The minimum Gasteiger partial charge on any atom is -0.321 e. The minimum absolute atomic E-state index is 0.200. The molecule has 0 saturated carbocycles. The summed E-state index contributed by atoms with van der Waals surface area (Å²) < 4.78 is 12.8. The normalized spacial score (nSPS) is 11.7. The van der Waals surface area contributed by atoms with E-state index in [1.54, 1.807) is 12.1 Å². The molecule has 0 aliphatic carbocycles. The standard InChI is InChI=1S/C13H20FN/c1-3-9-13(15,10-4-2)11-5-7-12(14)8-6-11/h5-8H,3-4,9-10,15H2,1-2H3. The first-order chi connectivity index (χ1) is 7.12. The molecule has 1 nitrogen and oxygen atoms in total. The fourth-order valence-electron chi connectivity index (χ4n) is 2.09. The molecular formula is C13H20FN. The van der Waals surface area contributed by atoms with E-state index in [1.807, 2.05) is 0 Å². The van der Waals surface area contributed by atoms with E-state index in [4.69, 9.17) is 5.73 Å². The molecule has 0 unspecified atom stereocenters. The van der Waals surface area contributed by atoms with Crippen LogP contribution in [0, 0.1) is 5.82 Å². The van der Waals surface area contributed by atoms with Gasteiger partial charge in [-0.3, -0.25) is 0 Å². The molecule has 1 rings (SSSR count). The molecule has 84 valence electrons. The molecule has 0 bridgehead atoms. The van der Waals surface area contributed by atoms with Gasteiger partial charge >= 0.3 is 0 Å². The minimum atomic E-state index is -0.281. The third-order valence-electron chi connectivity index (χ3n) is 2.81. The lowest BCUT2D eigenvalue weighted by Gasteiger charge is -2.29. The van der Waals surface area contributed by atoms with Crippen molar-refractivity contribution < 1.29 is 4.39 Å². The summed E-state index contributed by atoms with van der Waals surface area (Å²) in [4.78, 5) is 0. The lowest BCUT2D eigenvalue weighted by Crippen LogP contribution is -2.36. The Morgan fingerprint density at radius 1 is 1.07 bits per heavy atom. The predicted octanol–water partition coefficient (Wildman–Crippen LogP) is 3.58. The van der Waals surface area contributed by atoms with Crippen molar-refractivity contribution >= 4 is 0 Å². The van der Waals surface area contributed by atoms with Gasteiger partial charge in [0.15, 0.2) is 0 Å². The molecule has 0 atom stereocenters. The zero-order valence-electron chi connectivity index (χ0n) is 9.59. The van der Waals surface area contributed by atoms with E-state index in [2.05, 4.69) is 13.8 Å². The summed E-state index contributed by atoms with van der Waals surface area (Å²) >= 11 is 0. The van der Waals surface area contributed by atoms with Gasteiger partial charge in [0.1, 0.15) is 5.82 Å². The van der Waals surface area contributed by atoms with Crippen molar-refractivity contribution in [3.63, 3.8) is 0 Å². The van der Waals surface area contributed by atoms with Crippen LogP contribution in [-0.4, -0.2) is 0 Å². The van der Waals surface area contributed by atoms with Crippen molar-refractivity contribution in [1.29, 1.82) is 0 Å². The molecule has 0 aliphatic rings. The van der Waals surface area contributed by atoms with Crippen LogP contribution in [-0.2, 0) is 5.54 Å². The van der Waals surface area contributed by atoms with Gasteiger partial charge < -0.3 is 5.73 Å². The molecule has 0 heterocycles. The average Bonchev–Trinajstić information content (AvgIpc) is 2.19. The van der Waals surface area contributed by atoms with Crippen LogP contribution < -0.4 is 5.73 Å². The number of nitrogens with two attached hydrogens (primary N) is 1. The van der Waals surface area contributed by atoms with Gasteiger partial charge in [-0.25, -0.2) is 4.39 Å². The first kappa shape index (κ1) is 12.2. The van der Waals surface area contributed by atoms with Crippen LogP contribution in [0.5, 0.6) is 0 Å². The molecule has 0 amide bonds. The maximum atomic E-state index is 12.8. The second-order valence-corrected chi connectivity index (χ2v) is 4.16. The van der Waals surface area contributed by atoms with Crippen LogP contribution in [0.4, 0.5) is 4.39 Å². The molecule has 1 aromatic carbocycles. The molecule has 15 heavy (non-hydrogen) atoms. The average molecular weight is 209 g/mol. The molecule has 0 spiro atoms. The molecule has 2 heteroatoms. The van der Waals surface area contributed by atoms with Gasteiger partial charge in [0.05, 0.1) is 0 Å². The van der Waals surface area contributed by atoms with Crippen LogP contribution in [0.2, 0.25) is 0 Å². The van der Waals surface area contributed by atoms with Crippen molar-refractivity contribution in [3.8, 4) is 0 Å². The smallest absolute Gasteiger partial charge is 0.123 e. The summed E-state index contributed by atoms with van der Waals surface area (Å²) in [5.74, 6) is -0.200. The maximum Gasteiger partial charge on any atom is 0.123 e. The Hall–Kier alpha value is -0.890. The first-order valence-electron chi connectivity index (χ1n) is 5.67. The van der Waals surface area contributed by atoms with E-state index >= 15 is 0 Å². The number of benzene rings is 1. The number of halogens is 1. The topological polar surface area (TPSA) is 26.0 Å². The zero-order chi connectivity index (χ0) is 11.3. The van der Waals surface area contributed by atoms with Gasteiger partial charge in [-0.05, 0) is 30.5 Å². The lowest BCUT2D eigenvalue weighted by molar-refractivity contribution is 0.369. The third-order valence-corrected chi connectivity index (χ3v) is 2.81. The summed E-state index contributed by atoms with van der Waals surface area (Å²) in [6, 6.07) is 6.59. The summed E-state index contributed by atoms with van der Waals surface area (Å²) in [6.07, 6.45) is 4.00. The van der Waals surface area contributed by atoms with Gasteiger partial charge in [-0.15, -0.1) is 0 Å². The fourth-order valence-corrected chi connectivity index (χ4v) is 2.09. The third kappa shape index (κ3) is 3.03. The van der Waals surface area contributed by atoms with Crippen LogP contribution in [0.25, 0.3) is 0 Å². The summed E-state index contributed by atoms with van der Waals surface area (Å²) in [7, 11) is 0. The van der Waals surface area contributed by atoms with E-state index in [9.17, 15) is 4.39 Å². The van der Waals surface area contributed by atoms with Gasteiger partial charge in [0.25, 0.3) is 0 Å². The van der Waals surface area contributed by atoms with Crippen molar-refractivity contribution in [2.45, 2.75) is 45.1 Å². The van der Waals surface area contributed by atoms with Crippen molar-refractivity contribution in [1.82, 2.24) is 0 Å². The highest BCUT2D eigenvalue weighted by atomic mass is 19.1. The molecule has 0 aliphatic heterocycles. The first-order valence-corrected chi connectivity index (χ1v) is 5.67. The second kappa shape index (κ2) is 5.26. The number of rotatable bonds is 5. The Bertz CT molecular complexity index is 286. The lowest BCUT2D eigenvalue weighted by atomic mass is 9.83. The van der Waals surface area contributed by atoms with E-state index in [-0.39, 0.29) is 11.4 Å². The molecule has 0 radical (unpaired) electrons. The van der Waals surface area contributed by atoms with Crippen molar-refractivity contribution in [2.24, 2.45) is 5.73 Å².